The minimum atomic E-state index is -0.316. The van der Waals surface area contributed by atoms with Crippen molar-refractivity contribution in [1.82, 2.24) is 15.1 Å². The summed E-state index contributed by atoms with van der Waals surface area (Å²) >= 11 is 0. The Hall–Kier alpha value is -3.32. The number of aryl methyl sites for hydroxylation is 1. The Balaban J connectivity index is 1.78. The first-order chi connectivity index (χ1) is 15.5. The summed E-state index contributed by atoms with van der Waals surface area (Å²) in [6.45, 7) is 5.81. The zero-order valence-corrected chi connectivity index (χ0v) is 18.7. The molecule has 0 unspecified atom stereocenters. The number of benzene rings is 2. The van der Waals surface area contributed by atoms with E-state index in [4.69, 9.17) is 9.47 Å². The Morgan fingerprint density at radius 3 is 2.66 bits per heavy atom. The van der Waals surface area contributed by atoms with Crippen molar-refractivity contribution in [3.05, 3.63) is 64.8 Å². The fourth-order valence-corrected chi connectivity index (χ4v) is 4.16. The highest BCUT2D eigenvalue weighted by Gasteiger charge is 2.42. The van der Waals surface area contributed by atoms with E-state index in [0.717, 1.165) is 35.3 Å². The second-order valence-corrected chi connectivity index (χ2v) is 8.05. The number of phenols is 1. The first-order valence-electron chi connectivity index (χ1n) is 11.0. The predicted octanol–water partition coefficient (Wildman–Crippen LogP) is 4.46. The number of ether oxygens (including phenoxy) is 2. The van der Waals surface area contributed by atoms with Gasteiger partial charge in [-0.15, -0.1) is 0 Å². The lowest BCUT2D eigenvalue weighted by Gasteiger charge is -2.26. The summed E-state index contributed by atoms with van der Waals surface area (Å²) in [5.41, 5.74) is 4.44. The molecule has 0 spiro atoms. The van der Waals surface area contributed by atoms with Crippen LogP contribution in [0.2, 0.25) is 0 Å². The number of nitrogens with zero attached hydrogens (tertiary/aromatic N) is 2. The summed E-state index contributed by atoms with van der Waals surface area (Å²) in [6.07, 6.45) is 1.66. The summed E-state index contributed by atoms with van der Waals surface area (Å²) in [5, 5.41) is 17.9. The second kappa shape index (κ2) is 9.44. The van der Waals surface area contributed by atoms with Crippen LogP contribution in [-0.2, 0) is 4.74 Å². The van der Waals surface area contributed by atoms with Gasteiger partial charge in [-0.05, 0) is 49.6 Å². The van der Waals surface area contributed by atoms with Gasteiger partial charge in [-0.25, -0.2) is 0 Å². The molecular weight excluding hydrogens is 406 g/mol. The molecule has 2 heterocycles. The third-order valence-corrected chi connectivity index (χ3v) is 5.69. The molecule has 168 valence electrons. The van der Waals surface area contributed by atoms with Crippen molar-refractivity contribution in [2.75, 3.05) is 26.9 Å². The van der Waals surface area contributed by atoms with E-state index in [9.17, 15) is 9.90 Å². The molecule has 0 saturated carbocycles. The molecule has 3 aromatic rings. The monoisotopic (exact) mass is 435 g/mol. The Labute approximate surface area is 188 Å². The molecule has 1 aromatic heterocycles. The van der Waals surface area contributed by atoms with Crippen molar-refractivity contribution >= 4 is 5.91 Å². The highest BCUT2D eigenvalue weighted by atomic mass is 16.5. The molecule has 7 nitrogen and oxygen atoms in total. The maximum Gasteiger partial charge on any atom is 0.273 e. The number of hydrogen-bond acceptors (Lipinski definition) is 5. The van der Waals surface area contributed by atoms with Gasteiger partial charge in [0, 0.05) is 31.4 Å². The number of aromatic nitrogens is 2. The largest absolute Gasteiger partial charge is 0.507 e. The minimum Gasteiger partial charge on any atom is -0.507 e. The lowest BCUT2D eigenvalue weighted by Crippen LogP contribution is -2.31. The SMILES string of the molecule is CCCOc1ccc([C@H]2c3c(-c4cc(C)ccc4O)n[nH]c3C(=O)N2CCCOC)cc1. The minimum absolute atomic E-state index is 0.0988. The van der Waals surface area contributed by atoms with Crippen molar-refractivity contribution in [3.8, 4) is 22.8 Å². The molecule has 4 rings (SSSR count). The van der Waals surface area contributed by atoms with E-state index in [1.807, 2.05) is 48.2 Å². The number of methoxy groups -OCH3 is 1. The molecule has 1 aliphatic heterocycles. The average Bonchev–Trinajstić information content (AvgIpc) is 3.34. The highest BCUT2D eigenvalue weighted by molar-refractivity contribution is 6.00. The number of amides is 1. The van der Waals surface area contributed by atoms with Gasteiger partial charge < -0.3 is 19.5 Å². The van der Waals surface area contributed by atoms with E-state index in [-0.39, 0.29) is 17.7 Å². The summed E-state index contributed by atoms with van der Waals surface area (Å²) in [6, 6.07) is 12.9. The summed E-state index contributed by atoms with van der Waals surface area (Å²) in [5.74, 6) is 0.838. The molecule has 0 saturated heterocycles. The van der Waals surface area contributed by atoms with Gasteiger partial charge in [0.25, 0.3) is 5.91 Å². The van der Waals surface area contributed by atoms with Crippen LogP contribution in [0.4, 0.5) is 0 Å². The summed E-state index contributed by atoms with van der Waals surface area (Å²) < 4.78 is 10.9. The van der Waals surface area contributed by atoms with Gasteiger partial charge in [0.05, 0.1) is 12.6 Å². The van der Waals surface area contributed by atoms with E-state index in [1.54, 1.807) is 13.2 Å². The zero-order valence-electron chi connectivity index (χ0n) is 18.7. The van der Waals surface area contributed by atoms with E-state index in [2.05, 4.69) is 17.1 Å². The van der Waals surface area contributed by atoms with Gasteiger partial charge >= 0.3 is 0 Å². The maximum atomic E-state index is 13.3. The maximum absolute atomic E-state index is 13.3. The van der Waals surface area contributed by atoms with Crippen molar-refractivity contribution in [3.63, 3.8) is 0 Å². The third-order valence-electron chi connectivity index (χ3n) is 5.69. The van der Waals surface area contributed by atoms with Crippen LogP contribution < -0.4 is 4.74 Å². The van der Waals surface area contributed by atoms with Crippen molar-refractivity contribution < 1.29 is 19.4 Å². The van der Waals surface area contributed by atoms with E-state index < -0.39 is 0 Å². The number of fused-ring (bicyclic) bond motifs is 1. The first-order valence-corrected chi connectivity index (χ1v) is 11.0. The van der Waals surface area contributed by atoms with Crippen molar-refractivity contribution in [1.29, 1.82) is 0 Å². The number of H-pyrrole nitrogens is 1. The molecule has 0 bridgehead atoms. The molecule has 1 atom stereocenters. The van der Waals surface area contributed by atoms with Crippen LogP contribution in [0.25, 0.3) is 11.3 Å². The van der Waals surface area contributed by atoms with E-state index in [1.165, 1.54) is 0 Å². The predicted molar refractivity (Wildman–Crippen MR) is 122 cm³/mol. The number of rotatable bonds is 9. The van der Waals surface area contributed by atoms with E-state index in [0.29, 0.717) is 36.7 Å². The highest BCUT2D eigenvalue weighted by Crippen LogP contribution is 2.44. The molecule has 7 heteroatoms. The molecular formula is C25H29N3O4. The lowest BCUT2D eigenvalue weighted by molar-refractivity contribution is 0.0723. The fourth-order valence-electron chi connectivity index (χ4n) is 4.16. The number of phenolic OH excluding ortho intramolecular Hbond substituents is 1. The molecule has 0 aliphatic carbocycles. The number of aromatic hydroxyl groups is 1. The molecule has 1 aliphatic rings. The molecule has 2 N–H and O–H groups in total. The smallest absolute Gasteiger partial charge is 0.273 e. The fraction of sp³-hybridized carbons (Fsp3) is 0.360. The van der Waals surface area contributed by atoms with Gasteiger partial charge in [-0.2, -0.15) is 5.10 Å². The number of carbonyl (C=O) groups is 1. The molecule has 1 amide bonds. The van der Waals surface area contributed by atoms with Crippen LogP contribution in [0.5, 0.6) is 11.5 Å². The summed E-state index contributed by atoms with van der Waals surface area (Å²) in [7, 11) is 1.66. The molecule has 2 aromatic carbocycles. The van der Waals surface area contributed by atoms with Crippen LogP contribution in [0.1, 0.15) is 53.0 Å². The Morgan fingerprint density at radius 1 is 1.16 bits per heavy atom. The van der Waals surface area contributed by atoms with Crippen LogP contribution in [0.15, 0.2) is 42.5 Å². The number of aromatic amines is 1. The van der Waals surface area contributed by atoms with Crippen LogP contribution >= 0.6 is 0 Å². The Morgan fingerprint density at radius 2 is 1.94 bits per heavy atom. The molecule has 0 radical (unpaired) electrons. The number of nitrogens with one attached hydrogen (secondary N) is 1. The molecule has 32 heavy (non-hydrogen) atoms. The number of carbonyl (C=O) groups excluding carboxylic acids is 1. The Bertz CT molecular complexity index is 1090. The van der Waals surface area contributed by atoms with E-state index >= 15 is 0 Å². The van der Waals surface area contributed by atoms with Gasteiger partial charge in [0.1, 0.15) is 22.9 Å². The third kappa shape index (κ3) is 4.08. The van der Waals surface area contributed by atoms with Gasteiger partial charge in [-0.3, -0.25) is 9.89 Å². The van der Waals surface area contributed by atoms with Crippen LogP contribution in [0, 0.1) is 6.92 Å². The second-order valence-electron chi connectivity index (χ2n) is 8.05. The zero-order chi connectivity index (χ0) is 22.7. The first kappa shape index (κ1) is 21.9. The van der Waals surface area contributed by atoms with Crippen molar-refractivity contribution in [2.24, 2.45) is 0 Å². The van der Waals surface area contributed by atoms with Gasteiger partial charge in [-0.1, -0.05) is 30.7 Å². The van der Waals surface area contributed by atoms with Crippen molar-refractivity contribution in [2.45, 2.75) is 32.7 Å². The summed E-state index contributed by atoms with van der Waals surface area (Å²) in [4.78, 5) is 15.2. The molecule has 0 fully saturated rings. The van der Waals surface area contributed by atoms with Crippen LogP contribution in [0.3, 0.4) is 0 Å². The normalized spacial score (nSPS) is 15.3. The standard InChI is InChI=1S/C25H29N3O4/c1-4-13-32-18-9-7-17(8-10-18)24-21-22(19-15-16(2)6-11-20(19)29)26-27-23(21)25(30)28(24)12-5-14-31-3/h6-11,15,24,29H,4-5,12-14H2,1-3H3,(H,26,27)/t24-/m0/s1. The number of hydrogen-bond donors (Lipinski definition) is 2. The van der Waals surface area contributed by atoms with Gasteiger partial charge in [0.15, 0.2) is 0 Å². The van der Waals surface area contributed by atoms with Gasteiger partial charge in [0.2, 0.25) is 0 Å². The Kier molecular flexibility index (Phi) is 6.46. The average molecular weight is 436 g/mol. The topological polar surface area (TPSA) is 87.7 Å². The lowest BCUT2D eigenvalue weighted by atomic mass is 9.95. The quantitative estimate of drug-likeness (QED) is 0.485. The van der Waals surface area contributed by atoms with Crippen LogP contribution in [-0.4, -0.2) is 53.0 Å².